The number of hydrogen-bond donors (Lipinski definition) is 0. The molecular formula is C20H22N2O3S. The van der Waals surface area contributed by atoms with Crippen molar-refractivity contribution in [3.8, 4) is 0 Å². The molecule has 5 nitrogen and oxygen atoms in total. The number of hydrogen-bond acceptors (Lipinski definition) is 6. The van der Waals surface area contributed by atoms with E-state index in [1.54, 1.807) is 13.0 Å². The van der Waals surface area contributed by atoms with Crippen molar-refractivity contribution in [2.24, 2.45) is 0 Å². The molecule has 1 aromatic carbocycles. The van der Waals surface area contributed by atoms with Gasteiger partial charge in [0, 0.05) is 29.9 Å². The highest BCUT2D eigenvalue weighted by molar-refractivity contribution is 7.13. The summed E-state index contributed by atoms with van der Waals surface area (Å²) in [5.41, 5.74) is 3.51. The van der Waals surface area contributed by atoms with Crippen LogP contribution in [0.15, 0.2) is 36.0 Å². The van der Waals surface area contributed by atoms with E-state index in [-0.39, 0.29) is 17.8 Å². The van der Waals surface area contributed by atoms with Crippen molar-refractivity contribution in [3.05, 3.63) is 57.2 Å². The van der Waals surface area contributed by atoms with Gasteiger partial charge in [-0.05, 0) is 25.5 Å². The number of nitrogens with zero attached hydrogens (tertiary/aromatic N) is 2. The number of fused-ring (bicyclic) bond motifs is 1. The maximum Gasteiger partial charge on any atom is 0.350 e. The fourth-order valence-electron chi connectivity index (χ4n) is 3.38. The number of ketones is 1. The van der Waals surface area contributed by atoms with Crippen LogP contribution in [0.5, 0.6) is 0 Å². The second-order valence-corrected chi connectivity index (χ2v) is 8.12. The lowest BCUT2D eigenvalue weighted by molar-refractivity contribution is -0.117. The predicted octanol–water partition coefficient (Wildman–Crippen LogP) is 3.80. The summed E-state index contributed by atoms with van der Waals surface area (Å²) >= 11 is 1.28. The predicted molar refractivity (Wildman–Crippen MR) is 103 cm³/mol. The first-order chi connectivity index (χ1) is 12.2. The van der Waals surface area contributed by atoms with Crippen molar-refractivity contribution in [3.63, 3.8) is 0 Å². The normalized spacial score (nSPS) is 16.7. The molecule has 2 heterocycles. The Kier molecular flexibility index (Phi) is 4.71. The zero-order valence-electron chi connectivity index (χ0n) is 15.6. The van der Waals surface area contributed by atoms with Crippen molar-refractivity contribution in [1.82, 2.24) is 4.98 Å². The Morgan fingerprint density at radius 1 is 1.27 bits per heavy atom. The van der Waals surface area contributed by atoms with Gasteiger partial charge in [-0.1, -0.05) is 32.0 Å². The molecule has 0 bridgehead atoms. The number of likely N-dealkylation sites (N-methyl/N-ethyl adjacent to an activating group) is 1. The number of allylic oxidation sites excluding steroid dienone is 1. The molecule has 0 amide bonds. The fourth-order valence-corrected chi connectivity index (χ4v) is 4.19. The number of para-hydroxylation sites is 1. The monoisotopic (exact) mass is 370 g/mol. The van der Waals surface area contributed by atoms with Crippen molar-refractivity contribution < 1.29 is 14.3 Å². The Morgan fingerprint density at radius 3 is 2.58 bits per heavy atom. The number of aromatic nitrogens is 1. The molecule has 0 atom stereocenters. The van der Waals surface area contributed by atoms with Crippen molar-refractivity contribution in [2.45, 2.75) is 33.1 Å². The average Bonchev–Trinajstić information content (AvgIpc) is 3.03. The van der Waals surface area contributed by atoms with Crippen LogP contribution in [0.4, 0.5) is 5.69 Å². The summed E-state index contributed by atoms with van der Waals surface area (Å²) in [7, 11) is 1.95. The van der Waals surface area contributed by atoms with Gasteiger partial charge in [-0.2, -0.15) is 0 Å². The van der Waals surface area contributed by atoms with E-state index >= 15 is 0 Å². The molecule has 0 saturated heterocycles. The molecule has 0 radical (unpaired) electrons. The SMILES string of the molecule is Cc1nc(C)c(C(=O)OCC(=O)/C=C2\N(C)c3ccccc3C2(C)C)s1. The van der Waals surface area contributed by atoms with Gasteiger partial charge in [0.2, 0.25) is 0 Å². The zero-order valence-corrected chi connectivity index (χ0v) is 16.4. The number of aryl methyl sites for hydroxylation is 2. The minimum Gasteiger partial charge on any atom is -0.453 e. The van der Waals surface area contributed by atoms with Gasteiger partial charge in [-0.25, -0.2) is 9.78 Å². The lowest BCUT2D eigenvalue weighted by Crippen LogP contribution is -2.25. The second kappa shape index (κ2) is 6.68. The third-order valence-corrected chi connectivity index (χ3v) is 5.73. The number of benzene rings is 1. The highest BCUT2D eigenvalue weighted by Gasteiger charge is 2.38. The van der Waals surface area contributed by atoms with Gasteiger partial charge in [0.15, 0.2) is 12.4 Å². The van der Waals surface area contributed by atoms with Crippen LogP contribution in [-0.2, 0) is 14.9 Å². The van der Waals surface area contributed by atoms with Crippen LogP contribution in [0.1, 0.15) is 39.8 Å². The molecule has 0 saturated carbocycles. The number of esters is 1. The third-order valence-electron chi connectivity index (χ3n) is 4.67. The third kappa shape index (κ3) is 3.17. The topological polar surface area (TPSA) is 59.5 Å². The Balaban J connectivity index is 1.73. The molecule has 0 aliphatic carbocycles. The highest BCUT2D eigenvalue weighted by atomic mass is 32.1. The highest BCUT2D eigenvalue weighted by Crippen LogP contribution is 2.46. The summed E-state index contributed by atoms with van der Waals surface area (Å²) < 4.78 is 5.19. The van der Waals surface area contributed by atoms with Gasteiger partial charge < -0.3 is 9.64 Å². The molecule has 0 fully saturated rings. The van der Waals surface area contributed by atoms with Crippen LogP contribution >= 0.6 is 11.3 Å². The Labute approximate surface area is 157 Å². The number of thiazole rings is 1. The Hall–Kier alpha value is -2.47. The maximum atomic E-state index is 12.4. The van der Waals surface area contributed by atoms with E-state index in [9.17, 15) is 9.59 Å². The molecule has 6 heteroatoms. The van der Waals surface area contributed by atoms with E-state index in [0.29, 0.717) is 10.6 Å². The van der Waals surface area contributed by atoms with Crippen LogP contribution in [0.25, 0.3) is 0 Å². The molecule has 2 aromatic rings. The maximum absolute atomic E-state index is 12.4. The van der Waals surface area contributed by atoms with Crippen molar-refractivity contribution >= 4 is 28.8 Å². The van der Waals surface area contributed by atoms with Gasteiger partial charge >= 0.3 is 5.97 Å². The van der Waals surface area contributed by atoms with Gasteiger partial charge in [0.1, 0.15) is 4.88 Å². The van der Waals surface area contributed by atoms with Crippen LogP contribution in [-0.4, -0.2) is 30.4 Å². The molecule has 3 rings (SSSR count). The Bertz CT molecular complexity index is 912. The first kappa shape index (κ1) is 18.3. The van der Waals surface area contributed by atoms with Crippen LogP contribution in [0, 0.1) is 13.8 Å². The molecule has 136 valence electrons. The van der Waals surface area contributed by atoms with E-state index < -0.39 is 5.97 Å². The molecule has 0 N–H and O–H groups in total. The zero-order chi connectivity index (χ0) is 19.1. The minimum absolute atomic E-state index is 0.236. The van der Waals surface area contributed by atoms with E-state index in [4.69, 9.17) is 4.74 Å². The fraction of sp³-hybridized carbons (Fsp3) is 0.350. The number of anilines is 1. The lowest BCUT2D eigenvalue weighted by atomic mass is 9.83. The first-order valence-corrected chi connectivity index (χ1v) is 9.23. The van der Waals surface area contributed by atoms with E-state index in [1.165, 1.54) is 16.9 Å². The first-order valence-electron chi connectivity index (χ1n) is 8.41. The van der Waals surface area contributed by atoms with Crippen LogP contribution in [0.2, 0.25) is 0 Å². The quantitative estimate of drug-likeness (QED) is 0.605. The number of carbonyl (C=O) groups excluding carboxylic acids is 2. The minimum atomic E-state index is -0.498. The summed E-state index contributed by atoms with van der Waals surface area (Å²) in [5, 5.41) is 0.801. The summed E-state index contributed by atoms with van der Waals surface area (Å²) in [6, 6.07) is 8.10. The van der Waals surface area contributed by atoms with Gasteiger partial charge in [0.05, 0.1) is 10.7 Å². The average molecular weight is 370 g/mol. The summed E-state index contributed by atoms with van der Waals surface area (Å²) in [5.74, 6) is -0.734. The Morgan fingerprint density at radius 2 is 1.96 bits per heavy atom. The van der Waals surface area contributed by atoms with Crippen molar-refractivity contribution in [1.29, 1.82) is 0 Å². The number of ether oxygens (including phenoxy) is 1. The standard InChI is InChI=1S/C20H22N2O3S/c1-12-18(26-13(2)21-12)19(24)25-11-14(23)10-17-20(3,4)15-8-6-7-9-16(15)22(17)5/h6-10H,11H2,1-5H3/b17-10-. The molecule has 1 aliphatic rings. The van der Waals surface area contributed by atoms with Crippen LogP contribution in [0.3, 0.4) is 0 Å². The molecule has 0 unspecified atom stereocenters. The lowest BCUT2D eigenvalue weighted by Gasteiger charge is -2.23. The molecule has 0 spiro atoms. The van der Waals surface area contributed by atoms with E-state index in [1.807, 2.05) is 37.1 Å². The molecule has 26 heavy (non-hydrogen) atoms. The second-order valence-electron chi connectivity index (χ2n) is 6.92. The smallest absolute Gasteiger partial charge is 0.350 e. The summed E-state index contributed by atoms with van der Waals surface area (Å²) in [6.45, 7) is 7.49. The summed E-state index contributed by atoms with van der Waals surface area (Å²) in [4.78, 5) is 31.3. The molecule has 1 aromatic heterocycles. The summed E-state index contributed by atoms with van der Waals surface area (Å²) in [6.07, 6.45) is 1.58. The molecule has 1 aliphatic heterocycles. The van der Waals surface area contributed by atoms with Gasteiger partial charge in [-0.15, -0.1) is 11.3 Å². The van der Waals surface area contributed by atoms with Crippen molar-refractivity contribution in [2.75, 3.05) is 18.6 Å². The van der Waals surface area contributed by atoms with Gasteiger partial charge in [-0.3, -0.25) is 4.79 Å². The van der Waals surface area contributed by atoms with E-state index in [2.05, 4.69) is 24.9 Å². The van der Waals surface area contributed by atoms with E-state index in [0.717, 1.165) is 16.4 Å². The van der Waals surface area contributed by atoms with Gasteiger partial charge in [0.25, 0.3) is 0 Å². The molecular weight excluding hydrogens is 348 g/mol. The number of rotatable bonds is 4. The number of carbonyl (C=O) groups is 2. The van der Waals surface area contributed by atoms with Crippen LogP contribution < -0.4 is 4.90 Å². The largest absolute Gasteiger partial charge is 0.453 e.